The molecule has 22 heavy (non-hydrogen) atoms. The van der Waals surface area contributed by atoms with Gasteiger partial charge >= 0.3 is 0 Å². The summed E-state index contributed by atoms with van der Waals surface area (Å²) in [7, 11) is 3.13. The van der Waals surface area contributed by atoms with Gasteiger partial charge < -0.3 is 24.1 Å². The van der Waals surface area contributed by atoms with Gasteiger partial charge in [0.05, 0.1) is 20.8 Å². The van der Waals surface area contributed by atoms with Crippen LogP contribution in [0.4, 0.5) is 0 Å². The molecule has 0 bridgehead atoms. The lowest BCUT2D eigenvalue weighted by Gasteiger charge is -2.22. The van der Waals surface area contributed by atoms with Crippen LogP contribution in [0.3, 0.4) is 0 Å². The Bertz CT molecular complexity index is 491. The highest BCUT2D eigenvalue weighted by atomic mass is 16.6. The molecular formula is C15H21NO6. The van der Waals surface area contributed by atoms with Crippen molar-refractivity contribution >= 4 is 0 Å². The number of aliphatic hydroxyl groups is 1. The van der Waals surface area contributed by atoms with Crippen molar-refractivity contribution in [2.24, 2.45) is 11.1 Å². The lowest BCUT2D eigenvalue weighted by molar-refractivity contribution is -0.190. The zero-order chi connectivity index (χ0) is 15.9. The molecule has 2 rings (SSSR count). The quantitative estimate of drug-likeness (QED) is 0.526. The fourth-order valence-electron chi connectivity index (χ4n) is 2.23. The van der Waals surface area contributed by atoms with Crippen LogP contribution in [-0.4, -0.2) is 38.5 Å². The highest BCUT2D eigenvalue weighted by Gasteiger charge is 2.37. The molecule has 0 radical (unpaired) electrons. The minimum Gasteiger partial charge on any atom is -0.497 e. The third kappa shape index (κ3) is 4.40. The minimum atomic E-state index is -1.11. The molecule has 2 atom stereocenters. The molecule has 1 aromatic rings. The third-order valence-electron chi connectivity index (χ3n) is 3.59. The molecule has 1 aromatic carbocycles. The summed E-state index contributed by atoms with van der Waals surface area (Å²) in [5.41, 5.74) is 0.783. The molecule has 122 valence electrons. The van der Waals surface area contributed by atoms with Crippen LogP contribution in [0.25, 0.3) is 0 Å². The fourth-order valence-corrected chi connectivity index (χ4v) is 2.23. The van der Waals surface area contributed by atoms with Gasteiger partial charge in [-0.05, 0) is 36.1 Å². The van der Waals surface area contributed by atoms with E-state index in [1.54, 1.807) is 26.4 Å². The first-order valence-electron chi connectivity index (χ1n) is 7.11. The van der Waals surface area contributed by atoms with Gasteiger partial charge in [0.15, 0.2) is 13.0 Å². The Hall–Kier alpha value is -1.70. The Kier molecular flexibility index (Phi) is 6.11. The molecule has 1 N–H and O–H groups in total. The van der Waals surface area contributed by atoms with Crippen LogP contribution in [0.5, 0.6) is 11.5 Å². The third-order valence-corrected chi connectivity index (χ3v) is 3.59. The second kappa shape index (κ2) is 8.07. The summed E-state index contributed by atoms with van der Waals surface area (Å²) in [6.07, 6.45) is 0.272. The number of rotatable bonds is 10. The summed E-state index contributed by atoms with van der Waals surface area (Å²) in [6, 6.07) is 5.35. The number of benzene rings is 1. The van der Waals surface area contributed by atoms with Gasteiger partial charge in [-0.2, -0.15) is 0 Å². The van der Waals surface area contributed by atoms with Crippen LogP contribution in [0.2, 0.25) is 0 Å². The Morgan fingerprint density at radius 3 is 2.64 bits per heavy atom. The molecule has 7 heteroatoms. The summed E-state index contributed by atoms with van der Waals surface area (Å²) >= 11 is 0. The molecule has 1 saturated carbocycles. The van der Waals surface area contributed by atoms with Crippen LogP contribution in [0.15, 0.2) is 23.4 Å². The predicted molar refractivity (Wildman–Crippen MR) is 78.6 cm³/mol. The second-order valence-corrected chi connectivity index (χ2v) is 5.11. The number of hydrogen-bond donors (Lipinski definition) is 1. The molecule has 0 aliphatic heterocycles. The van der Waals surface area contributed by atoms with E-state index in [1.165, 1.54) is 0 Å². The largest absolute Gasteiger partial charge is 0.497 e. The molecule has 1 aliphatic carbocycles. The Balaban J connectivity index is 1.94. The smallest absolute Gasteiger partial charge is 0.181 e. The molecule has 0 saturated heterocycles. The van der Waals surface area contributed by atoms with E-state index in [0.29, 0.717) is 11.5 Å². The van der Waals surface area contributed by atoms with Crippen LogP contribution in [0, 0.1) is 10.8 Å². The van der Waals surface area contributed by atoms with Gasteiger partial charge in [0.25, 0.3) is 0 Å². The summed E-state index contributed by atoms with van der Waals surface area (Å²) in [4.78, 5) is 10.2. The Morgan fingerprint density at radius 1 is 1.27 bits per heavy atom. The minimum absolute atomic E-state index is 0.162. The van der Waals surface area contributed by atoms with Gasteiger partial charge in [0.2, 0.25) is 0 Å². The van der Waals surface area contributed by atoms with E-state index in [1.807, 2.05) is 6.07 Å². The van der Waals surface area contributed by atoms with Crippen molar-refractivity contribution in [1.82, 2.24) is 0 Å². The van der Waals surface area contributed by atoms with E-state index in [2.05, 4.69) is 5.18 Å². The van der Waals surface area contributed by atoms with E-state index in [-0.39, 0.29) is 19.3 Å². The van der Waals surface area contributed by atoms with E-state index in [4.69, 9.17) is 18.9 Å². The molecular weight excluding hydrogens is 290 g/mol. The maximum absolute atomic E-state index is 10.2. The van der Waals surface area contributed by atoms with Crippen molar-refractivity contribution in [1.29, 1.82) is 0 Å². The van der Waals surface area contributed by atoms with E-state index >= 15 is 0 Å². The van der Waals surface area contributed by atoms with Crippen LogP contribution >= 0.6 is 0 Å². The van der Waals surface area contributed by atoms with Crippen molar-refractivity contribution in [3.63, 3.8) is 0 Å². The van der Waals surface area contributed by atoms with E-state index in [0.717, 1.165) is 18.4 Å². The molecule has 0 amide bonds. The maximum Gasteiger partial charge on any atom is 0.181 e. The predicted octanol–water partition coefficient (Wildman–Crippen LogP) is 2.06. The zero-order valence-electron chi connectivity index (χ0n) is 12.7. The number of hydrogen-bond acceptors (Lipinski definition) is 7. The zero-order valence-corrected chi connectivity index (χ0v) is 12.7. The van der Waals surface area contributed by atoms with E-state index in [9.17, 15) is 10.0 Å². The van der Waals surface area contributed by atoms with Gasteiger partial charge in [-0.1, -0.05) is 0 Å². The number of ether oxygens (including phenoxy) is 4. The van der Waals surface area contributed by atoms with Crippen molar-refractivity contribution in [3.05, 3.63) is 28.7 Å². The summed E-state index contributed by atoms with van der Waals surface area (Å²) in [5, 5.41) is 12.8. The topological polar surface area (TPSA) is 86.6 Å². The van der Waals surface area contributed by atoms with Crippen molar-refractivity contribution in [2.45, 2.75) is 31.8 Å². The first kappa shape index (κ1) is 16.7. The van der Waals surface area contributed by atoms with Crippen LogP contribution in [0.1, 0.15) is 18.4 Å². The summed E-state index contributed by atoms with van der Waals surface area (Å²) < 4.78 is 21.1. The normalized spacial score (nSPS) is 16.9. The first-order valence-corrected chi connectivity index (χ1v) is 7.11. The number of aliphatic hydroxyl groups excluding tert-OH is 1. The highest BCUT2D eigenvalue weighted by Crippen LogP contribution is 2.36. The average Bonchev–Trinajstić information content (AvgIpc) is 3.38. The summed E-state index contributed by atoms with van der Waals surface area (Å²) in [5.74, 6) is 1.51. The second-order valence-electron chi connectivity index (χ2n) is 5.11. The van der Waals surface area contributed by atoms with Gasteiger partial charge in [-0.15, -0.1) is 4.91 Å². The monoisotopic (exact) mass is 311 g/mol. The van der Waals surface area contributed by atoms with Crippen LogP contribution < -0.4 is 9.47 Å². The van der Waals surface area contributed by atoms with Crippen molar-refractivity contribution in [2.75, 3.05) is 21.0 Å². The lowest BCUT2D eigenvalue weighted by atomic mass is 10.2. The molecule has 0 heterocycles. The lowest BCUT2D eigenvalue weighted by Crippen LogP contribution is -2.33. The molecule has 7 nitrogen and oxygen atoms in total. The van der Waals surface area contributed by atoms with Gasteiger partial charge in [0.1, 0.15) is 17.6 Å². The first-order chi connectivity index (χ1) is 10.7. The van der Waals surface area contributed by atoms with E-state index < -0.39 is 12.4 Å². The Morgan fingerprint density at radius 2 is 2.05 bits per heavy atom. The molecule has 0 spiro atoms. The van der Waals surface area contributed by atoms with Gasteiger partial charge in [-0.3, -0.25) is 0 Å². The number of methoxy groups -OCH3 is 2. The maximum atomic E-state index is 10.2. The number of nitrogens with zero attached hydrogens (tertiary/aromatic N) is 1. The molecule has 1 fully saturated rings. The highest BCUT2D eigenvalue weighted by molar-refractivity contribution is 5.40. The number of nitroso groups, excluding NO2 is 1. The van der Waals surface area contributed by atoms with Crippen LogP contribution in [-0.2, 0) is 16.1 Å². The average molecular weight is 311 g/mol. The Labute approximate surface area is 129 Å². The van der Waals surface area contributed by atoms with Gasteiger partial charge in [0, 0.05) is 11.6 Å². The standard InChI is InChI=1S/C15H21NO6/c1-19-12-6-5-11(13(7-12)20-2)8-21-15(17)14(10-3-4-10)22-9-16-18/h5-7,10,14-15,17H,3-4,8-9H2,1-2H3/t14-,15?/m0/s1. The van der Waals surface area contributed by atoms with Gasteiger partial charge in [-0.25, -0.2) is 0 Å². The van der Waals surface area contributed by atoms with Crippen molar-refractivity contribution in [3.8, 4) is 11.5 Å². The molecule has 1 aliphatic rings. The molecule has 0 aromatic heterocycles. The fraction of sp³-hybridized carbons (Fsp3) is 0.600. The van der Waals surface area contributed by atoms with Crippen molar-refractivity contribution < 1.29 is 24.1 Å². The summed E-state index contributed by atoms with van der Waals surface area (Å²) in [6.45, 7) is -0.122. The SMILES string of the molecule is COc1ccc(COC(O)[C@@H](OCN=O)C2CC2)c(OC)c1. The molecule has 1 unspecified atom stereocenters.